The lowest BCUT2D eigenvalue weighted by Gasteiger charge is -2.41. The van der Waals surface area contributed by atoms with Gasteiger partial charge in [0, 0.05) is 9.37 Å². The summed E-state index contributed by atoms with van der Waals surface area (Å²) in [5, 5.41) is -0.0528. The molecule has 1 heterocycles. The van der Waals surface area contributed by atoms with Crippen LogP contribution in [0, 0.1) is 6.92 Å². The van der Waals surface area contributed by atoms with E-state index >= 15 is 0 Å². The molecule has 0 amide bonds. The summed E-state index contributed by atoms with van der Waals surface area (Å²) in [4.78, 5) is 0.855. The molecule has 3 aromatic rings. The molecule has 1 aliphatic rings. The van der Waals surface area contributed by atoms with Gasteiger partial charge in [-0.1, -0.05) is 83.6 Å². The highest BCUT2D eigenvalue weighted by molar-refractivity contribution is 9.10. The Morgan fingerprint density at radius 3 is 2.20 bits per heavy atom. The standard InChI is InChI=1S/C25H28BrNOSSi/c1-18-9-15-21(16-10-18)29(28)24(17-19-11-13-20(26)14-12-19)25(30(2,3)4)22-7-5-6-8-23(22)27-29/h5-16,24-25H,17H2,1-4H3/t24-,25-,29?/m1/s1. The van der Waals surface area contributed by atoms with E-state index in [1.54, 1.807) is 0 Å². The average molecular weight is 499 g/mol. The molecule has 3 aromatic carbocycles. The first-order valence-corrected chi connectivity index (χ1v) is 16.3. The van der Waals surface area contributed by atoms with Crippen LogP contribution >= 0.6 is 15.9 Å². The lowest BCUT2D eigenvalue weighted by atomic mass is 10.0. The van der Waals surface area contributed by atoms with Crippen LogP contribution in [0.1, 0.15) is 22.2 Å². The van der Waals surface area contributed by atoms with Crippen molar-refractivity contribution >= 4 is 39.4 Å². The Kier molecular flexibility index (Phi) is 5.81. The number of nitrogens with zero attached hydrogens (tertiary/aromatic N) is 1. The van der Waals surface area contributed by atoms with Crippen molar-refractivity contribution in [3.05, 3.63) is 94.0 Å². The van der Waals surface area contributed by atoms with Gasteiger partial charge in [-0.25, -0.2) is 4.21 Å². The minimum atomic E-state index is -2.63. The van der Waals surface area contributed by atoms with Crippen LogP contribution < -0.4 is 0 Å². The summed E-state index contributed by atoms with van der Waals surface area (Å²) in [6.45, 7) is 9.24. The Hall–Kier alpha value is -1.69. The van der Waals surface area contributed by atoms with Crippen LogP contribution in [0.25, 0.3) is 0 Å². The second-order valence-electron chi connectivity index (χ2n) is 9.24. The molecule has 5 heteroatoms. The van der Waals surface area contributed by atoms with Crippen molar-refractivity contribution in [2.45, 2.75) is 48.7 Å². The van der Waals surface area contributed by atoms with Gasteiger partial charge >= 0.3 is 0 Å². The highest BCUT2D eigenvalue weighted by Gasteiger charge is 2.45. The third-order valence-electron chi connectivity index (χ3n) is 5.93. The quantitative estimate of drug-likeness (QED) is 0.343. The van der Waals surface area contributed by atoms with Crippen LogP contribution in [-0.2, 0) is 16.1 Å². The van der Waals surface area contributed by atoms with E-state index in [-0.39, 0.29) is 10.8 Å². The van der Waals surface area contributed by atoms with Gasteiger partial charge in [0.15, 0.2) is 0 Å². The van der Waals surface area contributed by atoms with E-state index in [0.29, 0.717) is 0 Å². The smallest absolute Gasteiger partial charge is 0.0836 e. The normalized spacial score (nSPS) is 23.5. The molecule has 0 saturated carbocycles. The molecule has 1 aliphatic heterocycles. The summed E-state index contributed by atoms with van der Waals surface area (Å²) in [5.41, 5.74) is 4.82. The molecule has 0 spiro atoms. The average Bonchev–Trinajstić information content (AvgIpc) is 2.69. The molecule has 156 valence electrons. The van der Waals surface area contributed by atoms with E-state index in [1.165, 1.54) is 16.7 Å². The Bertz CT molecular complexity index is 1170. The van der Waals surface area contributed by atoms with Gasteiger partial charge in [0.25, 0.3) is 0 Å². The van der Waals surface area contributed by atoms with E-state index in [0.717, 1.165) is 21.5 Å². The molecule has 1 unspecified atom stereocenters. The maximum Gasteiger partial charge on any atom is 0.0836 e. The summed E-state index contributed by atoms with van der Waals surface area (Å²) in [7, 11) is -4.35. The van der Waals surface area contributed by atoms with Crippen LogP contribution in [0.5, 0.6) is 0 Å². The van der Waals surface area contributed by atoms with E-state index in [1.807, 2.05) is 24.3 Å². The van der Waals surface area contributed by atoms with Gasteiger partial charge in [0.05, 0.1) is 28.7 Å². The van der Waals surface area contributed by atoms with Crippen molar-refractivity contribution in [2.75, 3.05) is 0 Å². The van der Waals surface area contributed by atoms with E-state index in [4.69, 9.17) is 4.36 Å². The molecule has 0 fully saturated rings. The first kappa shape index (κ1) is 21.5. The fraction of sp³-hybridized carbons (Fsp3) is 0.280. The monoisotopic (exact) mass is 497 g/mol. The molecule has 30 heavy (non-hydrogen) atoms. The minimum Gasteiger partial charge on any atom is -0.244 e. The van der Waals surface area contributed by atoms with Crippen molar-refractivity contribution in [3.8, 4) is 0 Å². The van der Waals surface area contributed by atoms with Crippen molar-refractivity contribution in [1.82, 2.24) is 0 Å². The number of rotatable bonds is 4. The van der Waals surface area contributed by atoms with Crippen LogP contribution in [0.15, 0.2) is 86.5 Å². The molecule has 2 nitrogen and oxygen atoms in total. The SMILES string of the molecule is Cc1ccc(S2(=O)=Nc3ccccc3[C@@H]([Si](C)(C)C)[C@H]2Cc2ccc(Br)cc2)cc1. The van der Waals surface area contributed by atoms with Crippen LogP contribution in [0.2, 0.25) is 19.6 Å². The van der Waals surface area contributed by atoms with Crippen molar-refractivity contribution < 1.29 is 4.21 Å². The Balaban J connectivity index is 1.96. The highest BCUT2D eigenvalue weighted by atomic mass is 79.9. The van der Waals surface area contributed by atoms with Crippen LogP contribution in [0.4, 0.5) is 5.69 Å². The molecule has 4 rings (SSSR count). The topological polar surface area (TPSA) is 29.4 Å². The highest BCUT2D eigenvalue weighted by Crippen LogP contribution is 2.47. The second-order valence-corrected chi connectivity index (χ2v) is 17.9. The molecule has 0 aliphatic carbocycles. The third-order valence-corrected chi connectivity index (χ3v) is 12.0. The fourth-order valence-corrected chi connectivity index (χ4v) is 11.5. The molecule has 0 N–H and O–H groups in total. The summed E-state index contributed by atoms with van der Waals surface area (Å²) in [6, 6.07) is 24.9. The minimum absolute atomic E-state index is 0.0528. The fourth-order valence-electron chi connectivity index (χ4n) is 4.50. The summed E-state index contributed by atoms with van der Waals surface area (Å²) >= 11 is 3.53. The van der Waals surface area contributed by atoms with Gasteiger partial charge in [-0.15, -0.1) is 0 Å². The number of benzene rings is 3. The molecule has 0 bridgehead atoms. The summed E-state index contributed by atoms with van der Waals surface area (Å²) in [6.07, 6.45) is 0.757. The maximum absolute atomic E-state index is 14.8. The summed E-state index contributed by atoms with van der Waals surface area (Å²) in [5.74, 6) is 0. The van der Waals surface area contributed by atoms with Gasteiger partial charge in [-0.3, -0.25) is 0 Å². The van der Waals surface area contributed by atoms with E-state index in [9.17, 15) is 4.21 Å². The van der Waals surface area contributed by atoms with Crippen LogP contribution in [0.3, 0.4) is 0 Å². The first-order valence-electron chi connectivity index (χ1n) is 10.3. The van der Waals surface area contributed by atoms with Crippen molar-refractivity contribution in [2.24, 2.45) is 4.36 Å². The van der Waals surface area contributed by atoms with Crippen LogP contribution in [-0.4, -0.2) is 17.5 Å². The summed E-state index contributed by atoms with van der Waals surface area (Å²) < 4.78 is 20.8. The molecular formula is C25H28BrNOSSi. The molecule has 0 radical (unpaired) electrons. The van der Waals surface area contributed by atoms with Crippen molar-refractivity contribution in [3.63, 3.8) is 0 Å². The predicted molar refractivity (Wildman–Crippen MR) is 134 cm³/mol. The number of fused-ring (bicyclic) bond motifs is 1. The zero-order valence-electron chi connectivity index (χ0n) is 17.9. The molecule has 3 atom stereocenters. The molecule has 0 saturated heterocycles. The number of halogens is 1. The zero-order valence-corrected chi connectivity index (χ0v) is 21.3. The van der Waals surface area contributed by atoms with E-state index in [2.05, 4.69) is 91.0 Å². The second kappa shape index (κ2) is 8.10. The predicted octanol–water partition coefficient (Wildman–Crippen LogP) is 7.50. The zero-order chi connectivity index (χ0) is 21.5. The lowest BCUT2D eigenvalue weighted by Crippen LogP contribution is -2.45. The number of aryl methyl sites for hydroxylation is 1. The van der Waals surface area contributed by atoms with Gasteiger partial charge < -0.3 is 0 Å². The number of hydrogen-bond acceptors (Lipinski definition) is 2. The third kappa shape index (κ3) is 4.07. The Morgan fingerprint density at radius 2 is 1.57 bits per heavy atom. The largest absolute Gasteiger partial charge is 0.244 e. The van der Waals surface area contributed by atoms with Gasteiger partial charge in [0.2, 0.25) is 0 Å². The van der Waals surface area contributed by atoms with E-state index < -0.39 is 17.8 Å². The molecule has 0 aromatic heterocycles. The molecular weight excluding hydrogens is 470 g/mol. The first-order chi connectivity index (χ1) is 14.2. The van der Waals surface area contributed by atoms with Gasteiger partial charge in [-0.2, -0.15) is 4.36 Å². The maximum atomic E-state index is 14.8. The van der Waals surface area contributed by atoms with Gasteiger partial charge in [0.1, 0.15) is 0 Å². The Morgan fingerprint density at radius 1 is 0.933 bits per heavy atom. The van der Waals surface area contributed by atoms with Gasteiger partial charge in [-0.05, 0) is 60.3 Å². The van der Waals surface area contributed by atoms with Crippen molar-refractivity contribution in [1.29, 1.82) is 0 Å². The lowest BCUT2D eigenvalue weighted by molar-refractivity contribution is 0.645. The Labute approximate surface area is 190 Å². The number of hydrogen-bond donors (Lipinski definition) is 0.